The van der Waals surface area contributed by atoms with Crippen molar-refractivity contribution in [2.45, 2.75) is 32.5 Å². The average molecular weight is 278 g/mol. The van der Waals surface area contributed by atoms with E-state index < -0.39 is 25.3 Å². The summed E-state index contributed by atoms with van der Waals surface area (Å²) in [6.45, 7) is 2.47. The second kappa shape index (κ2) is 6.19. The molecule has 0 saturated carbocycles. The molecule has 3 atom stereocenters. The van der Waals surface area contributed by atoms with Crippen LogP contribution in [0.4, 0.5) is 4.39 Å². The topological polar surface area (TPSA) is 87.5 Å². The van der Waals surface area contributed by atoms with Crippen molar-refractivity contribution in [1.29, 1.82) is 0 Å². The molecule has 1 rings (SSSR count). The van der Waals surface area contributed by atoms with Crippen LogP contribution in [0.3, 0.4) is 0 Å². The molecule has 0 saturated heterocycles. The number of hydrogen-bond acceptors (Lipinski definition) is 5. The van der Waals surface area contributed by atoms with Gasteiger partial charge in [-0.05, 0) is 26.1 Å². The van der Waals surface area contributed by atoms with Gasteiger partial charge in [0.05, 0.1) is 6.61 Å². The van der Waals surface area contributed by atoms with E-state index in [-0.39, 0.29) is 10.3 Å². The van der Waals surface area contributed by atoms with Crippen molar-refractivity contribution in [1.82, 2.24) is 9.55 Å². The van der Waals surface area contributed by atoms with Gasteiger partial charge in [0.15, 0.2) is 4.77 Å². The number of aromatic amines is 1. The number of aromatic nitrogens is 2. The highest BCUT2D eigenvalue weighted by Crippen LogP contribution is 2.13. The van der Waals surface area contributed by atoms with E-state index in [4.69, 9.17) is 27.2 Å². The van der Waals surface area contributed by atoms with Gasteiger partial charge in [-0.1, -0.05) is 0 Å². The molecule has 6 nitrogen and oxygen atoms in total. The number of aliphatic hydroxyl groups is 2. The highest BCUT2D eigenvalue weighted by molar-refractivity contribution is 7.71. The molecule has 0 aliphatic rings. The molecule has 0 bridgehead atoms. The predicted molar refractivity (Wildman–Crippen MR) is 64.4 cm³/mol. The van der Waals surface area contributed by atoms with E-state index in [2.05, 4.69) is 4.98 Å². The molecule has 18 heavy (non-hydrogen) atoms. The minimum atomic E-state index is -2.30. The molecule has 0 aliphatic carbocycles. The summed E-state index contributed by atoms with van der Waals surface area (Å²) in [5, 5.41) is 17.6. The Kier molecular flexibility index (Phi) is 5.15. The Labute approximate surface area is 108 Å². The van der Waals surface area contributed by atoms with Gasteiger partial charge >= 0.3 is 0 Å². The third kappa shape index (κ3) is 3.45. The van der Waals surface area contributed by atoms with E-state index in [9.17, 15) is 9.18 Å². The van der Waals surface area contributed by atoms with E-state index in [1.807, 2.05) is 0 Å². The number of H-pyrrole nitrogens is 1. The van der Waals surface area contributed by atoms with Crippen LogP contribution >= 0.6 is 12.2 Å². The summed E-state index contributed by atoms with van der Waals surface area (Å²) in [6, 6.07) is 0. The van der Waals surface area contributed by atoms with Crippen LogP contribution in [0.15, 0.2) is 11.0 Å². The molecule has 0 aromatic carbocycles. The van der Waals surface area contributed by atoms with E-state index in [1.165, 1.54) is 10.8 Å². The normalized spacial score (nSPS) is 16.3. The van der Waals surface area contributed by atoms with E-state index in [0.717, 1.165) is 0 Å². The Morgan fingerprint density at radius 1 is 1.67 bits per heavy atom. The summed E-state index contributed by atoms with van der Waals surface area (Å²) < 4.78 is 19.3. The van der Waals surface area contributed by atoms with Crippen LogP contribution in [0, 0.1) is 11.7 Å². The SMILES string of the molecule is Cc1cn(C(C)OC(CO)[C@@H](O)F)c(=S)[nH]c1=O. The summed E-state index contributed by atoms with van der Waals surface area (Å²) in [5.41, 5.74) is 0.105. The maximum absolute atomic E-state index is 12.7. The first-order chi connectivity index (χ1) is 8.36. The van der Waals surface area contributed by atoms with Gasteiger partial charge in [0, 0.05) is 11.8 Å². The number of aryl methyl sites for hydroxylation is 1. The fourth-order valence-corrected chi connectivity index (χ4v) is 1.66. The second-order valence-electron chi connectivity index (χ2n) is 3.81. The second-order valence-corrected chi connectivity index (χ2v) is 4.19. The third-order valence-electron chi connectivity index (χ3n) is 2.40. The standard InChI is InChI=1S/C10H15FN2O4S/c1-5-3-13(10(18)12-9(5)16)6(2)17-7(4-14)8(11)15/h3,6-8,14-15H,4H2,1-2H3,(H,12,16,18)/t6?,7?,8-/m1/s1. The highest BCUT2D eigenvalue weighted by atomic mass is 32.1. The van der Waals surface area contributed by atoms with E-state index >= 15 is 0 Å². The van der Waals surface area contributed by atoms with Crippen LogP contribution in [0.5, 0.6) is 0 Å². The molecule has 0 amide bonds. The number of nitrogens with one attached hydrogen (secondary N) is 1. The predicted octanol–water partition coefficient (Wildman–Crippen LogP) is 0.398. The third-order valence-corrected chi connectivity index (χ3v) is 2.71. The van der Waals surface area contributed by atoms with Crippen molar-refractivity contribution >= 4 is 12.2 Å². The molecule has 8 heteroatoms. The van der Waals surface area contributed by atoms with Gasteiger partial charge in [-0.25, -0.2) is 4.39 Å². The lowest BCUT2D eigenvalue weighted by Gasteiger charge is -2.23. The Morgan fingerprint density at radius 3 is 2.78 bits per heavy atom. The van der Waals surface area contributed by atoms with Crippen LogP contribution in [-0.4, -0.2) is 38.8 Å². The van der Waals surface area contributed by atoms with Crippen LogP contribution in [0.1, 0.15) is 18.7 Å². The van der Waals surface area contributed by atoms with Crippen LogP contribution in [0.25, 0.3) is 0 Å². The summed E-state index contributed by atoms with van der Waals surface area (Å²) in [7, 11) is 0. The maximum atomic E-state index is 12.7. The van der Waals surface area contributed by atoms with Crippen LogP contribution in [-0.2, 0) is 4.74 Å². The minimum absolute atomic E-state index is 0.114. The summed E-state index contributed by atoms with van der Waals surface area (Å²) in [5.74, 6) is 0. The van der Waals surface area contributed by atoms with Gasteiger partial charge in [0.1, 0.15) is 12.3 Å². The van der Waals surface area contributed by atoms with Crippen molar-refractivity contribution in [3.63, 3.8) is 0 Å². The molecule has 0 fully saturated rings. The molecule has 102 valence electrons. The van der Waals surface area contributed by atoms with E-state index in [0.29, 0.717) is 5.56 Å². The lowest BCUT2D eigenvalue weighted by Crippen LogP contribution is -2.32. The van der Waals surface area contributed by atoms with E-state index in [1.54, 1.807) is 13.8 Å². The number of hydrogen-bond donors (Lipinski definition) is 3. The Bertz CT molecular complexity index is 513. The lowest BCUT2D eigenvalue weighted by molar-refractivity contribution is -0.156. The summed E-state index contributed by atoms with van der Waals surface area (Å²) in [4.78, 5) is 13.7. The van der Waals surface area contributed by atoms with Crippen molar-refractivity contribution in [2.75, 3.05) is 6.61 Å². The zero-order chi connectivity index (χ0) is 13.9. The lowest BCUT2D eigenvalue weighted by atomic mass is 10.3. The zero-order valence-corrected chi connectivity index (χ0v) is 10.8. The first kappa shape index (κ1) is 15.0. The fraction of sp³-hybridized carbons (Fsp3) is 0.600. The van der Waals surface area contributed by atoms with Gasteiger partial charge in [0.25, 0.3) is 5.56 Å². The molecular formula is C10H15FN2O4S. The number of rotatable bonds is 5. The smallest absolute Gasteiger partial charge is 0.254 e. The largest absolute Gasteiger partial charge is 0.393 e. The number of aliphatic hydroxyl groups excluding tert-OH is 2. The summed E-state index contributed by atoms with van der Waals surface area (Å²) in [6.07, 6.45) is -2.94. The monoisotopic (exact) mass is 278 g/mol. The van der Waals surface area contributed by atoms with Crippen molar-refractivity contribution in [3.8, 4) is 0 Å². The molecule has 1 aromatic rings. The van der Waals surface area contributed by atoms with Gasteiger partial charge in [0.2, 0.25) is 6.36 Å². The average Bonchev–Trinajstić information content (AvgIpc) is 2.29. The first-order valence-electron chi connectivity index (χ1n) is 5.27. The first-order valence-corrected chi connectivity index (χ1v) is 5.68. The van der Waals surface area contributed by atoms with Crippen LogP contribution < -0.4 is 5.56 Å². The molecule has 0 spiro atoms. The van der Waals surface area contributed by atoms with Crippen molar-refractivity contribution in [3.05, 3.63) is 26.9 Å². The highest BCUT2D eigenvalue weighted by Gasteiger charge is 2.21. The fourth-order valence-electron chi connectivity index (χ4n) is 1.37. The molecule has 0 aliphatic heterocycles. The Balaban J connectivity index is 2.97. The van der Waals surface area contributed by atoms with Gasteiger partial charge in [-0.2, -0.15) is 0 Å². The molecule has 0 radical (unpaired) electrons. The minimum Gasteiger partial charge on any atom is -0.393 e. The van der Waals surface area contributed by atoms with Crippen LogP contribution in [0.2, 0.25) is 0 Å². The molecule has 2 unspecified atom stereocenters. The number of ether oxygens (including phenoxy) is 1. The Morgan fingerprint density at radius 2 is 2.28 bits per heavy atom. The van der Waals surface area contributed by atoms with Crippen molar-refractivity contribution < 1.29 is 19.3 Å². The molecule has 3 N–H and O–H groups in total. The van der Waals surface area contributed by atoms with Gasteiger partial charge < -0.3 is 14.9 Å². The number of halogens is 1. The molecule has 1 heterocycles. The molecule has 1 aromatic heterocycles. The summed E-state index contributed by atoms with van der Waals surface area (Å²) >= 11 is 4.94. The zero-order valence-electron chi connectivity index (χ0n) is 9.96. The Hall–Kier alpha value is -1.09. The van der Waals surface area contributed by atoms with Gasteiger partial charge in [-0.15, -0.1) is 0 Å². The maximum Gasteiger partial charge on any atom is 0.254 e. The quantitative estimate of drug-likeness (QED) is 0.679. The molecular weight excluding hydrogens is 263 g/mol. The number of alkyl halides is 1. The van der Waals surface area contributed by atoms with Crippen molar-refractivity contribution in [2.24, 2.45) is 0 Å². The number of nitrogens with zero attached hydrogens (tertiary/aromatic N) is 1. The van der Waals surface area contributed by atoms with Gasteiger partial charge in [-0.3, -0.25) is 14.3 Å².